The Morgan fingerprint density at radius 2 is 1.93 bits per heavy atom. The molecular weight excluding hydrogens is 411 g/mol. The molecule has 1 atom stereocenters. The molecule has 148 valence electrons. The number of hydrogen-bond acceptors (Lipinski definition) is 3. The number of nitrogens with zero attached hydrogens (tertiary/aromatic N) is 2. The number of aromatic nitrogens is 1. The number of carbonyl (C=O) groups is 2. The van der Waals surface area contributed by atoms with E-state index in [0.717, 1.165) is 16.6 Å². The van der Waals surface area contributed by atoms with Crippen LogP contribution in [-0.4, -0.2) is 37.1 Å². The summed E-state index contributed by atoms with van der Waals surface area (Å²) in [6.07, 6.45) is 1.65. The summed E-state index contributed by atoms with van der Waals surface area (Å²) < 4.78 is 0.131. The molecule has 0 bridgehead atoms. The summed E-state index contributed by atoms with van der Waals surface area (Å²) in [5, 5.41) is 7.12. The van der Waals surface area contributed by atoms with Crippen molar-refractivity contribution in [2.45, 2.75) is 6.92 Å². The standard InChI is InChI=1S/C21H18Cl2N4O2/c1-12-10-13-17(27(2)9-8-25-21(27)29)6-7-24-19(13)16(11-12)26-20(28)18-14(22)4-3-5-15(18)23/h3-7,10-11H,8-9H2,1-2H3,(H-,25,26,28,29)/p+1. The topological polar surface area (TPSA) is 71.1 Å². The maximum atomic E-state index is 12.9. The molecule has 2 N–H and O–H groups in total. The van der Waals surface area contributed by atoms with Crippen molar-refractivity contribution in [1.82, 2.24) is 14.8 Å². The molecule has 0 radical (unpaired) electrons. The minimum absolute atomic E-state index is 0.0626. The highest BCUT2D eigenvalue weighted by atomic mass is 35.5. The third kappa shape index (κ3) is 3.33. The van der Waals surface area contributed by atoms with E-state index in [-0.39, 0.29) is 26.1 Å². The predicted octanol–water partition coefficient (Wildman–Crippen LogP) is 4.76. The molecule has 0 aliphatic carbocycles. The van der Waals surface area contributed by atoms with Crippen LogP contribution in [0.1, 0.15) is 15.9 Å². The van der Waals surface area contributed by atoms with E-state index in [2.05, 4.69) is 15.6 Å². The first kappa shape index (κ1) is 19.6. The van der Waals surface area contributed by atoms with Gasteiger partial charge in [-0.3, -0.25) is 15.1 Å². The van der Waals surface area contributed by atoms with Gasteiger partial charge in [-0.05, 0) is 36.8 Å². The first-order valence-corrected chi connectivity index (χ1v) is 9.86. The molecule has 1 saturated heterocycles. The third-order valence-electron chi connectivity index (χ3n) is 5.22. The molecule has 1 fully saturated rings. The monoisotopic (exact) mass is 429 g/mol. The number of fused-ring (bicyclic) bond motifs is 1. The molecule has 6 nitrogen and oxygen atoms in total. The number of halogens is 2. The van der Waals surface area contributed by atoms with Crippen LogP contribution in [0.15, 0.2) is 42.6 Å². The SMILES string of the molecule is Cc1cc(NC(=O)c2c(Cl)cccc2Cl)c2nccc([N+]3(C)CCNC3=O)c2c1. The molecule has 4 rings (SSSR count). The molecule has 8 heteroatoms. The molecule has 3 aromatic rings. The fraction of sp³-hybridized carbons (Fsp3) is 0.190. The average Bonchev–Trinajstić information content (AvgIpc) is 3.00. The van der Waals surface area contributed by atoms with Gasteiger partial charge in [0.1, 0.15) is 6.54 Å². The first-order chi connectivity index (χ1) is 13.8. The molecule has 0 spiro atoms. The number of nitrogens with one attached hydrogen (secondary N) is 2. The van der Waals surface area contributed by atoms with Gasteiger partial charge in [0, 0.05) is 12.3 Å². The maximum absolute atomic E-state index is 12.9. The minimum atomic E-state index is -0.418. The van der Waals surface area contributed by atoms with E-state index in [1.165, 1.54) is 0 Å². The number of pyridine rings is 1. The summed E-state index contributed by atoms with van der Waals surface area (Å²) in [6, 6.07) is 10.5. The van der Waals surface area contributed by atoms with E-state index in [1.807, 2.05) is 32.2 Å². The fourth-order valence-corrected chi connectivity index (χ4v) is 4.27. The Kier molecular flexibility index (Phi) is 4.94. The number of anilines is 1. The van der Waals surface area contributed by atoms with Crippen LogP contribution in [0.25, 0.3) is 10.9 Å². The van der Waals surface area contributed by atoms with Gasteiger partial charge in [0.05, 0.1) is 45.8 Å². The number of rotatable bonds is 3. The van der Waals surface area contributed by atoms with Crippen LogP contribution >= 0.6 is 23.2 Å². The van der Waals surface area contributed by atoms with E-state index < -0.39 is 5.91 Å². The lowest BCUT2D eigenvalue weighted by atomic mass is 10.1. The van der Waals surface area contributed by atoms with Gasteiger partial charge < -0.3 is 5.32 Å². The minimum Gasteiger partial charge on any atom is -0.320 e. The Hall–Kier alpha value is -2.67. The van der Waals surface area contributed by atoms with Crippen molar-refractivity contribution in [2.75, 3.05) is 25.5 Å². The summed E-state index contributed by atoms with van der Waals surface area (Å²) in [5.41, 5.74) is 3.11. The van der Waals surface area contributed by atoms with Gasteiger partial charge in [-0.25, -0.2) is 9.28 Å². The third-order valence-corrected chi connectivity index (χ3v) is 5.85. The highest BCUT2D eigenvalue weighted by Gasteiger charge is 2.41. The highest BCUT2D eigenvalue weighted by Crippen LogP contribution is 2.36. The second-order valence-corrected chi connectivity index (χ2v) is 8.05. The van der Waals surface area contributed by atoms with Crippen molar-refractivity contribution in [3.8, 4) is 0 Å². The Morgan fingerprint density at radius 3 is 2.59 bits per heavy atom. The lowest BCUT2D eigenvalue weighted by Gasteiger charge is -2.25. The zero-order valence-electron chi connectivity index (χ0n) is 15.9. The van der Waals surface area contributed by atoms with Gasteiger partial charge in [-0.1, -0.05) is 29.3 Å². The fourth-order valence-electron chi connectivity index (χ4n) is 3.70. The number of amides is 3. The Labute approximate surface area is 178 Å². The van der Waals surface area contributed by atoms with E-state index in [0.29, 0.717) is 24.3 Å². The number of likely N-dealkylation sites (N-methyl/N-ethyl adjacent to an activating group) is 1. The summed E-state index contributed by atoms with van der Waals surface area (Å²) >= 11 is 12.4. The van der Waals surface area contributed by atoms with Crippen LogP contribution < -0.4 is 15.1 Å². The molecule has 2 aromatic carbocycles. The normalized spacial score (nSPS) is 18.7. The van der Waals surface area contributed by atoms with Crippen molar-refractivity contribution in [3.63, 3.8) is 0 Å². The maximum Gasteiger partial charge on any atom is 0.421 e. The van der Waals surface area contributed by atoms with Crippen LogP contribution in [0.5, 0.6) is 0 Å². The summed E-state index contributed by atoms with van der Waals surface area (Å²) in [4.78, 5) is 29.9. The Balaban J connectivity index is 1.83. The molecule has 2 heterocycles. The lowest BCUT2D eigenvalue weighted by Crippen LogP contribution is -2.47. The van der Waals surface area contributed by atoms with Crippen molar-refractivity contribution in [2.24, 2.45) is 0 Å². The Morgan fingerprint density at radius 1 is 1.21 bits per heavy atom. The molecule has 0 saturated carbocycles. The second kappa shape index (κ2) is 7.30. The Bertz CT molecular complexity index is 1140. The average molecular weight is 430 g/mol. The van der Waals surface area contributed by atoms with Gasteiger partial charge in [0.25, 0.3) is 5.91 Å². The lowest BCUT2D eigenvalue weighted by molar-refractivity contribution is 0.102. The molecule has 3 amide bonds. The highest BCUT2D eigenvalue weighted by molar-refractivity contribution is 6.40. The number of benzene rings is 2. The predicted molar refractivity (Wildman–Crippen MR) is 117 cm³/mol. The van der Waals surface area contributed by atoms with E-state index in [9.17, 15) is 9.59 Å². The van der Waals surface area contributed by atoms with E-state index in [1.54, 1.807) is 24.4 Å². The molecule has 29 heavy (non-hydrogen) atoms. The molecule has 1 aliphatic heterocycles. The van der Waals surface area contributed by atoms with E-state index in [4.69, 9.17) is 23.2 Å². The van der Waals surface area contributed by atoms with Gasteiger partial charge in [-0.15, -0.1) is 0 Å². The summed E-state index contributed by atoms with van der Waals surface area (Å²) in [7, 11) is 1.88. The summed E-state index contributed by atoms with van der Waals surface area (Å²) in [6.45, 7) is 3.18. The van der Waals surface area contributed by atoms with Gasteiger partial charge in [0.2, 0.25) is 0 Å². The molecule has 1 aliphatic rings. The molecule has 1 aromatic heterocycles. The number of carbonyl (C=O) groups excluding carboxylic acids is 2. The largest absolute Gasteiger partial charge is 0.421 e. The van der Waals surface area contributed by atoms with Crippen molar-refractivity contribution >= 4 is 57.4 Å². The van der Waals surface area contributed by atoms with Crippen LogP contribution in [0.2, 0.25) is 10.0 Å². The molecule has 1 unspecified atom stereocenters. The quantitative estimate of drug-likeness (QED) is 0.589. The number of urea groups is 1. The number of quaternary nitrogens is 1. The zero-order valence-corrected chi connectivity index (χ0v) is 17.4. The van der Waals surface area contributed by atoms with Gasteiger partial charge in [-0.2, -0.15) is 0 Å². The number of aryl methyl sites for hydroxylation is 1. The first-order valence-electron chi connectivity index (χ1n) is 9.10. The number of hydrogen-bond donors (Lipinski definition) is 2. The smallest absolute Gasteiger partial charge is 0.320 e. The van der Waals surface area contributed by atoms with E-state index >= 15 is 0 Å². The molecular formula is C21H19Cl2N4O2+. The van der Waals surface area contributed by atoms with Crippen LogP contribution in [0, 0.1) is 6.92 Å². The van der Waals surface area contributed by atoms with Crippen LogP contribution in [0.3, 0.4) is 0 Å². The zero-order chi connectivity index (χ0) is 20.8. The summed E-state index contributed by atoms with van der Waals surface area (Å²) in [5.74, 6) is -0.418. The van der Waals surface area contributed by atoms with Gasteiger partial charge in [0.15, 0.2) is 5.69 Å². The second-order valence-electron chi connectivity index (χ2n) is 7.24. The van der Waals surface area contributed by atoms with Crippen molar-refractivity contribution in [3.05, 3.63) is 63.8 Å². The van der Waals surface area contributed by atoms with Crippen LogP contribution in [0.4, 0.5) is 16.2 Å². The van der Waals surface area contributed by atoms with Crippen LogP contribution in [-0.2, 0) is 0 Å². The van der Waals surface area contributed by atoms with Crippen molar-refractivity contribution in [1.29, 1.82) is 0 Å². The van der Waals surface area contributed by atoms with Gasteiger partial charge >= 0.3 is 6.03 Å². The van der Waals surface area contributed by atoms with Crippen molar-refractivity contribution < 1.29 is 9.59 Å².